The number of hydrogen-bond donors (Lipinski definition) is 1. The molecule has 1 heterocycles. The number of anilines is 1. The van der Waals surface area contributed by atoms with Gasteiger partial charge in [-0.1, -0.05) is 30.3 Å². The summed E-state index contributed by atoms with van der Waals surface area (Å²) in [5.41, 5.74) is 1.51. The van der Waals surface area contributed by atoms with Crippen LogP contribution >= 0.6 is 0 Å². The molecule has 10 heteroatoms. The van der Waals surface area contributed by atoms with E-state index in [2.05, 4.69) is 5.32 Å². The Morgan fingerprint density at radius 1 is 1.03 bits per heavy atom. The zero-order valence-electron chi connectivity index (χ0n) is 20.4. The summed E-state index contributed by atoms with van der Waals surface area (Å²) in [7, 11) is -2.06. The van der Waals surface area contributed by atoms with Gasteiger partial charge in [-0.15, -0.1) is 0 Å². The van der Waals surface area contributed by atoms with E-state index in [4.69, 9.17) is 9.47 Å². The number of likely N-dealkylation sites (N-methyl/N-ethyl adjacent to an activating group) is 1. The van der Waals surface area contributed by atoms with Crippen LogP contribution in [0.3, 0.4) is 0 Å². The average Bonchev–Trinajstić information content (AvgIpc) is 2.85. The van der Waals surface area contributed by atoms with Crippen molar-refractivity contribution in [1.29, 1.82) is 0 Å². The van der Waals surface area contributed by atoms with Gasteiger partial charge in [0.1, 0.15) is 19.3 Å². The average molecular weight is 504 g/mol. The molecule has 3 rings (SSSR count). The molecular formula is C25H33N3O6S. The second kappa shape index (κ2) is 11.9. The minimum absolute atomic E-state index is 0.104. The lowest BCUT2D eigenvalue weighted by Crippen LogP contribution is -2.48. The molecule has 2 aromatic carbocycles. The molecule has 2 amide bonds. The van der Waals surface area contributed by atoms with E-state index in [1.165, 1.54) is 11.4 Å². The van der Waals surface area contributed by atoms with Gasteiger partial charge in [0.05, 0.1) is 11.9 Å². The molecule has 0 saturated heterocycles. The molecule has 190 valence electrons. The molecule has 0 unspecified atom stereocenters. The predicted octanol–water partition coefficient (Wildman–Crippen LogP) is 2.21. The third-order valence-electron chi connectivity index (χ3n) is 5.86. The number of sulfonamides is 1. The molecule has 1 atom stereocenters. The summed E-state index contributed by atoms with van der Waals surface area (Å²) in [6.45, 7) is 3.03. The van der Waals surface area contributed by atoms with Gasteiger partial charge < -0.3 is 19.7 Å². The third kappa shape index (κ3) is 7.11. The molecule has 0 aromatic heterocycles. The number of nitrogens with one attached hydrogen (secondary N) is 1. The van der Waals surface area contributed by atoms with Crippen LogP contribution in [0.4, 0.5) is 5.69 Å². The first kappa shape index (κ1) is 26.3. The Bertz CT molecular complexity index is 1120. The minimum atomic E-state index is -3.59. The van der Waals surface area contributed by atoms with Gasteiger partial charge in [0.2, 0.25) is 21.8 Å². The van der Waals surface area contributed by atoms with Gasteiger partial charge in [-0.05, 0) is 37.5 Å². The first-order valence-electron chi connectivity index (χ1n) is 11.6. The fourth-order valence-electron chi connectivity index (χ4n) is 3.97. The standard InChI is InChI=1S/C25H33N3O6S/c1-19(25(30)26-2)27(15-13-20-8-5-4-6-9-20)24(29)10-7-14-28(35(3,31)32)21-11-12-22-23(18-21)34-17-16-33-22/h4-6,8-9,11-12,18-19H,7,10,13-17H2,1-3H3,(H,26,30)/t19-/m0/s1. The van der Waals surface area contributed by atoms with E-state index in [0.717, 1.165) is 11.8 Å². The van der Waals surface area contributed by atoms with E-state index in [-0.39, 0.29) is 24.8 Å². The lowest BCUT2D eigenvalue weighted by atomic mass is 10.1. The lowest BCUT2D eigenvalue weighted by molar-refractivity contribution is -0.139. The second-order valence-electron chi connectivity index (χ2n) is 8.38. The number of amides is 2. The van der Waals surface area contributed by atoms with E-state index >= 15 is 0 Å². The van der Waals surface area contributed by atoms with Crippen LogP contribution in [0.1, 0.15) is 25.3 Å². The molecule has 9 nitrogen and oxygen atoms in total. The highest BCUT2D eigenvalue weighted by Gasteiger charge is 2.26. The van der Waals surface area contributed by atoms with Crippen LogP contribution in [0.5, 0.6) is 11.5 Å². The molecular weight excluding hydrogens is 470 g/mol. The molecule has 0 fully saturated rings. The molecule has 2 aromatic rings. The molecule has 35 heavy (non-hydrogen) atoms. The van der Waals surface area contributed by atoms with Crippen molar-refractivity contribution in [1.82, 2.24) is 10.2 Å². The second-order valence-corrected chi connectivity index (χ2v) is 10.3. The number of benzene rings is 2. The number of nitrogens with zero attached hydrogens (tertiary/aromatic N) is 2. The number of ether oxygens (including phenoxy) is 2. The van der Waals surface area contributed by atoms with Gasteiger partial charge in [-0.25, -0.2) is 8.42 Å². The Kier molecular flexibility index (Phi) is 8.97. The summed E-state index contributed by atoms with van der Waals surface area (Å²) in [4.78, 5) is 27.0. The molecule has 0 spiro atoms. The topological polar surface area (TPSA) is 105 Å². The Labute approximate surface area is 207 Å². The van der Waals surface area contributed by atoms with Gasteiger partial charge in [0.15, 0.2) is 11.5 Å². The van der Waals surface area contributed by atoms with Crippen LogP contribution in [0.25, 0.3) is 0 Å². The fraction of sp³-hybridized carbons (Fsp3) is 0.440. The third-order valence-corrected chi connectivity index (χ3v) is 7.06. The van der Waals surface area contributed by atoms with Crippen LogP contribution < -0.4 is 19.1 Å². The van der Waals surface area contributed by atoms with E-state index in [1.54, 1.807) is 30.0 Å². The Hall–Kier alpha value is -3.27. The van der Waals surface area contributed by atoms with Gasteiger partial charge in [0.25, 0.3) is 0 Å². The van der Waals surface area contributed by atoms with E-state index < -0.39 is 16.1 Å². The highest BCUT2D eigenvalue weighted by Crippen LogP contribution is 2.34. The van der Waals surface area contributed by atoms with Crippen molar-refractivity contribution >= 4 is 27.5 Å². The van der Waals surface area contributed by atoms with Crippen LogP contribution in [-0.4, -0.2) is 70.8 Å². The zero-order chi connectivity index (χ0) is 25.4. The van der Waals surface area contributed by atoms with Crippen LogP contribution in [-0.2, 0) is 26.0 Å². The molecule has 1 aliphatic heterocycles. The molecule has 0 radical (unpaired) electrons. The van der Waals surface area contributed by atoms with Crippen LogP contribution in [0.2, 0.25) is 0 Å². The van der Waals surface area contributed by atoms with Crippen molar-refractivity contribution in [2.75, 3.05) is 43.9 Å². The summed E-state index contributed by atoms with van der Waals surface area (Å²) in [5.74, 6) is 0.610. The summed E-state index contributed by atoms with van der Waals surface area (Å²) in [5, 5.41) is 2.60. The van der Waals surface area contributed by atoms with Gasteiger partial charge >= 0.3 is 0 Å². The van der Waals surface area contributed by atoms with Gasteiger partial charge in [-0.3, -0.25) is 13.9 Å². The number of fused-ring (bicyclic) bond motifs is 1. The van der Waals surface area contributed by atoms with Crippen molar-refractivity contribution < 1.29 is 27.5 Å². The molecule has 1 aliphatic rings. The van der Waals surface area contributed by atoms with Crippen molar-refractivity contribution in [3.63, 3.8) is 0 Å². The molecule has 1 N–H and O–H groups in total. The summed E-state index contributed by atoms with van der Waals surface area (Å²) >= 11 is 0. The van der Waals surface area contributed by atoms with Crippen molar-refractivity contribution in [3.8, 4) is 11.5 Å². The summed E-state index contributed by atoms with van der Waals surface area (Å²) in [6.07, 6.45) is 2.14. The normalized spacial score (nSPS) is 13.6. The minimum Gasteiger partial charge on any atom is -0.486 e. The maximum atomic E-state index is 13.1. The highest BCUT2D eigenvalue weighted by atomic mass is 32.2. The summed E-state index contributed by atoms with van der Waals surface area (Å²) in [6, 6.07) is 14.1. The van der Waals surface area contributed by atoms with E-state index in [9.17, 15) is 18.0 Å². The molecule has 0 bridgehead atoms. The first-order valence-corrected chi connectivity index (χ1v) is 13.5. The predicted molar refractivity (Wildman–Crippen MR) is 134 cm³/mol. The van der Waals surface area contributed by atoms with Crippen molar-refractivity contribution in [2.45, 2.75) is 32.2 Å². The Morgan fingerprint density at radius 2 is 1.71 bits per heavy atom. The van der Waals surface area contributed by atoms with Gasteiger partial charge in [0, 0.05) is 32.6 Å². The maximum absolute atomic E-state index is 13.1. The smallest absolute Gasteiger partial charge is 0.242 e. The number of rotatable bonds is 11. The van der Waals surface area contributed by atoms with Gasteiger partial charge in [-0.2, -0.15) is 0 Å². The number of carbonyl (C=O) groups excluding carboxylic acids is 2. The molecule has 0 aliphatic carbocycles. The highest BCUT2D eigenvalue weighted by molar-refractivity contribution is 7.92. The van der Waals surface area contributed by atoms with E-state index in [0.29, 0.717) is 49.8 Å². The monoisotopic (exact) mass is 503 g/mol. The Morgan fingerprint density at radius 3 is 2.37 bits per heavy atom. The lowest BCUT2D eigenvalue weighted by Gasteiger charge is -2.29. The fourth-order valence-corrected chi connectivity index (χ4v) is 4.93. The SMILES string of the molecule is CNC(=O)[C@H](C)N(CCc1ccccc1)C(=O)CCCN(c1ccc2c(c1)OCCO2)S(C)(=O)=O. The van der Waals surface area contributed by atoms with Crippen molar-refractivity contribution in [3.05, 3.63) is 54.1 Å². The van der Waals surface area contributed by atoms with E-state index in [1.807, 2.05) is 30.3 Å². The number of carbonyl (C=O) groups is 2. The van der Waals surface area contributed by atoms with Crippen LogP contribution in [0, 0.1) is 0 Å². The van der Waals surface area contributed by atoms with Crippen molar-refractivity contribution in [2.24, 2.45) is 0 Å². The Balaban J connectivity index is 1.68. The number of hydrogen-bond acceptors (Lipinski definition) is 6. The quantitative estimate of drug-likeness (QED) is 0.504. The zero-order valence-corrected chi connectivity index (χ0v) is 21.2. The molecule has 0 saturated carbocycles. The largest absolute Gasteiger partial charge is 0.486 e. The van der Waals surface area contributed by atoms with Crippen LogP contribution in [0.15, 0.2) is 48.5 Å². The maximum Gasteiger partial charge on any atom is 0.242 e. The first-order chi connectivity index (χ1) is 16.7. The summed E-state index contributed by atoms with van der Waals surface area (Å²) < 4.78 is 37.4.